The summed E-state index contributed by atoms with van der Waals surface area (Å²) in [5, 5.41) is 16.1. The Balaban J connectivity index is 1.85. The van der Waals surface area contributed by atoms with E-state index in [1.807, 2.05) is 31.2 Å². The molecule has 22 heavy (non-hydrogen) atoms. The van der Waals surface area contributed by atoms with Gasteiger partial charge in [-0.15, -0.1) is 15.3 Å². The number of aromatic nitrogens is 4. The number of nitrogens with zero attached hydrogens (tertiary/aromatic N) is 4. The topological polar surface area (TPSA) is 64.3 Å². The number of hydrogen-bond acceptors (Lipinski definition) is 5. The Morgan fingerprint density at radius 2 is 1.91 bits per heavy atom. The van der Waals surface area contributed by atoms with E-state index in [-0.39, 0.29) is 6.04 Å². The van der Waals surface area contributed by atoms with Gasteiger partial charge in [-0.1, -0.05) is 19.1 Å². The van der Waals surface area contributed by atoms with Crippen molar-refractivity contribution in [2.75, 3.05) is 12.4 Å². The Morgan fingerprint density at radius 3 is 2.59 bits per heavy atom. The molecule has 0 aliphatic heterocycles. The minimum absolute atomic E-state index is 0.188. The van der Waals surface area contributed by atoms with Crippen LogP contribution in [0.2, 0.25) is 0 Å². The molecule has 3 aromatic rings. The van der Waals surface area contributed by atoms with Crippen LogP contribution in [0.5, 0.6) is 5.75 Å². The highest BCUT2D eigenvalue weighted by Crippen LogP contribution is 2.23. The summed E-state index contributed by atoms with van der Waals surface area (Å²) in [6.07, 6.45) is 0.952. The van der Waals surface area contributed by atoms with Crippen LogP contribution in [0.4, 0.5) is 5.82 Å². The fraction of sp³-hybridized carbons (Fsp3) is 0.312. The van der Waals surface area contributed by atoms with E-state index in [4.69, 9.17) is 4.74 Å². The van der Waals surface area contributed by atoms with Crippen LogP contribution in [0.25, 0.3) is 5.65 Å². The third-order valence-electron chi connectivity index (χ3n) is 3.67. The Morgan fingerprint density at radius 1 is 1.14 bits per heavy atom. The molecule has 0 fully saturated rings. The van der Waals surface area contributed by atoms with Gasteiger partial charge in [0, 0.05) is 0 Å². The Bertz CT molecular complexity index is 766. The van der Waals surface area contributed by atoms with E-state index in [1.165, 1.54) is 5.56 Å². The summed E-state index contributed by atoms with van der Waals surface area (Å²) in [7, 11) is 1.67. The van der Waals surface area contributed by atoms with E-state index in [9.17, 15) is 0 Å². The van der Waals surface area contributed by atoms with Crippen LogP contribution in [0.15, 0.2) is 36.4 Å². The fourth-order valence-electron chi connectivity index (χ4n) is 2.41. The average molecular weight is 297 g/mol. The van der Waals surface area contributed by atoms with E-state index in [0.717, 1.165) is 29.5 Å². The van der Waals surface area contributed by atoms with Gasteiger partial charge in [-0.05, 0) is 43.2 Å². The summed E-state index contributed by atoms with van der Waals surface area (Å²) >= 11 is 0. The Hall–Kier alpha value is -2.63. The van der Waals surface area contributed by atoms with Crippen LogP contribution in [-0.2, 0) is 0 Å². The van der Waals surface area contributed by atoms with Crippen LogP contribution in [0.3, 0.4) is 0 Å². The number of aryl methyl sites for hydroxylation is 1. The maximum Gasteiger partial charge on any atom is 0.178 e. The predicted molar refractivity (Wildman–Crippen MR) is 85.2 cm³/mol. The third-order valence-corrected chi connectivity index (χ3v) is 3.67. The van der Waals surface area contributed by atoms with Gasteiger partial charge in [-0.3, -0.25) is 0 Å². The molecule has 0 radical (unpaired) electrons. The molecule has 0 saturated heterocycles. The van der Waals surface area contributed by atoms with Crippen LogP contribution in [-0.4, -0.2) is 26.9 Å². The van der Waals surface area contributed by atoms with E-state index in [1.54, 1.807) is 11.6 Å². The number of benzene rings is 1. The maximum absolute atomic E-state index is 5.20. The molecule has 6 nitrogen and oxygen atoms in total. The van der Waals surface area contributed by atoms with Gasteiger partial charge in [-0.25, -0.2) is 0 Å². The molecule has 0 saturated carbocycles. The molecule has 0 aliphatic carbocycles. The van der Waals surface area contributed by atoms with E-state index in [0.29, 0.717) is 0 Å². The molecule has 0 aliphatic rings. The van der Waals surface area contributed by atoms with Crippen LogP contribution >= 0.6 is 0 Å². The second-order valence-electron chi connectivity index (χ2n) is 5.11. The van der Waals surface area contributed by atoms with E-state index >= 15 is 0 Å². The lowest BCUT2D eigenvalue weighted by Crippen LogP contribution is -2.12. The molecule has 6 heteroatoms. The molecule has 1 N–H and O–H groups in total. The van der Waals surface area contributed by atoms with Crippen LogP contribution in [0, 0.1) is 6.92 Å². The molecular weight excluding hydrogens is 278 g/mol. The van der Waals surface area contributed by atoms with Crippen molar-refractivity contribution in [2.45, 2.75) is 26.3 Å². The lowest BCUT2D eigenvalue weighted by molar-refractivity contribution is 0.414. The Kier molecular flexibility index (Phi) is 3.91. The largest absolute Gasteiger partial charge is 0.497 e. The third kappa shape index (κ3) is 2.72. The zero-order chi connectivity index (χ0) is 15.5. The zero-order valence-corrected chi connectivity index (χ0v) is 12.9. The minimum Gasteiger partial charge on any atom is -0.497 e. The first-order valence-corrected chi connectivity index (χ1v) is 7.31. The molecular formula is C16H19N5O. The normalized spacial score (nSPS) is 12.3. The first kappa shape index (κ1) is 14.3. The number of ether oxygens (including phenoxy) is 1. The maximum atomic E-state index is 5.20. The number of anilines is 1. The highest BCUT2D eigenvalue weighted by atomic mass is 16.5. The SMILES string of the molecule is CCC(Nc1ccc2nnc(C)n2n1)c1ccc(OC)cc1. The summed E-state index contributed by atoms with van der Waals surface area (Å²) in [5.74, 6) is 2.44. The molecule has 114 valence electrons. The monoisotopic (exact) mass is 297 g/mol. The average Bonchev–Trinajstić information content (AvgIpc) is 2.93. The number of fused-ring (bicyclic) bond motifs is 1. The van der Waals surface area contributed by atoms with Crippen molar-refractivity contribution in [3.05, 3.63) is 47.8 Å². The summed E-state index contributed by atoms with van der Waals surface area (Å²) in [4.78, 5) is 0. The van der Waals surface area contributed by atoms with Crippen LogP contribution in [0.1, 0.15) is 30.8 Å². The molecule has 2 heterocycles. The summed E-state index contributed by atoms with van der Waals surface area (Å²) in [6.45, 7) is 4.03. The molecule has 0 bridgehead atoms. The lowest BCUT2D eigenvalue weighted by Gasteiger charge is -2.18. The van der Waals surface area contributed by atoms with Gasteiger partial charge in [-0.2, -0.15) is 4.52 Å². The molecule has 1 atom stereocenters. The van der Waals surface area contributed by atoms with Crippen molar-refractivity contribution in [2.24, 2.45) is 0 Å². The van der Waals surface area contributed by atoms with Crippen molar-refractivity contribution in [3.8, 4) is 5.75 Å². The zero-order valence-electron chi connectivity index (χ0n) is 12.9. The van der Waals surface area contributed by atoms with Gasteiger partial charge in [0.25, 0.3) is 0 Å². The smallest absolute Gasteiger partial charge is 0.178 e. The van der Waals surface area contributed by atoms with Gasteiger partial charge >= 0.3 is 0 Å². The standard InChI is InChI=1S/C16H19N5O/c1-4-14(12-5-7-13(22-3)8-6-12)17-15-9-10-16-19-18-11(2)21(16)20-15/h5-10,14H,4H2,1-3H3,(H,17,20). The van der Waals surface area contributed by atoms with E-state index < -0.39 is 0 Å². The lowest BCUT2D eigenvalue weighted by atomic mass is 10.0. The van der Waals surface area contributed by atoms with Crippen molar-refractivity contribution < 1.29 is 4.74 Å². The van der Waals surface area contributed by atoms with Crippen molar-refractivity contribution in [3.63, 3.8) is 0 Å². The first-order chi connectivity index (χ1) is 10.7. The first-order valence-electron chi connectivity index (χ1n) is 7.31. The summed E-state index contributed by atoms with van der Waals surface area (Å²) in [6, 6.07) is 12.1. The fourth-order valence-corrected chi connectivity index (χ4v) is 2.41. The second-order valence-corrected chi connectivity index (χ2v) is 5.11. The van der Waals surface area contributed by atoms with Gasteiger partial charge in [0.15, 0.2) is 11.5 Å². The molecule has 1 aromatic carbocycles. The van der Waals surface area contributed by atoms with Crippen molar-refractivity contribution in [1.82, 2.24) is 19.8 Å². The second kappa shape index (κ2) is 6.01. The number of rotatable bonds is 5. The van der Waals surface area contributed by atoms with E-state index in [2.05, 4.69) is 39.7 Å². The quantitative estimate of drug-likeness (QED) is 0.784. The summed E-state index contributed by atoms with van der Waals surface area (Å²) in [5.41, 5.74) is 1.95. The number of methoxy groups -OCH3 is 1. The van der Waals surface area contributed by atoms with Crippen LogP contribution < -0.4 is 10.1 Å². The highest BCUT2D eigenvalue weighted by Gasteiger charge is 2.11. The molecule has 3 rings (SSSR count). The van der Waals surface area contributed by atoms with Gasteiger partial charge in [0.1, 0.15) is 11.6 Å². The predicted octanol–water partition coefficient (Wildman–Crippen LogP) is 3.00. The molecule has 1 unspecified atom stereocenters. The van der Waals surface area contributed by atoms with Gasteiger partial charge in [0.2, 0.25) is 0 Å². The number of nitrogens with one attached hydrogen (secondary N) is 1. The van der Waals surface area contributed by atoms with Crippen molar-refractivity contribution >= 4 is 11.5 Å². The van der Waals surface area contributed by atoms with Gasteiger partial charge < -0.3 is 10.1 Å². The molecule has 0 spiro atoms. The highest BCUT2D eigenvalue weighted by molar-refractivity contribution is 5.45. The molecule has 0 amide bonds. The summed E-state index contributed by atoms with van der Waals surface area (Å²) < 4.78 is 6.94. The number of hydrogen-bond donors (Lipinski definition) is 1. The van der Waals surface area contributed by atoms with Gasteiger partial charge in [0.05, 0.1) is 13.2 Å². The Labute approximate surface area is 129 Å². The molecule has 2 aromatic heterocycles. The minimum atomic E-state index is 0.188. The van der Waals surface area contributed by atoms with Crippen molar-refractivity contribution in [1.29, 1.82) is 0 Å².